The molecular weight excluding hydrogens is 434 g/mol. The van der Waals surface area contributed by atoms with E-state index < -0.39 is 4.92 Å². The van der Waals surface area contributed by atoms with Gasteiger partial charge in [-0.1, -0.05) is 24.3 Å². The van der Waals surface area contributed by atoms with E-state index in [1.54, 1.807) is 48.5 Å². The van der Waals surface area contributed by atoms with Gasteiger partial charge < -0.3 is 19.2 Å². The van der Waals surface area contributed by atoms with Crippen molar-refractivity contribution in [1.82, 2.24) is 5.32 Å². The number of ether oxygens (including phenoxy) is 2. The Hall–Kier alpha value is -4.18. The first-order valence-corrected chi connectivity index (χ1v) is 9.84. The number of rotatable bonds is 7. The number of carbonyl (C=O) groups excluding carboxylic acids is 1. The zero-order valence-corrected chi connectivity index (χ0v) is 17.6. The molecule has 0 radical (unpaired) electrons. The summed E-state index contributed by atoms with van der Waals surface area (Å²) in [6.07, 6.45) is 1.53. The van der Waals surface area contributed by atoms with Crippen molar-refractivity contribution < 1.29 is 23.6 Å². The molecule has 4 rings (SSSR count). The molecule has 1 N–H and O–H groups in total. The van der Waals surface area contributed by atoms with Gasteiger partial charge in [-0.2, -0.15) is 0 Å². The second-order valence-electron chi connectivity index (χ2n) is 6.62. The average molecular weight is 451 g/mol. The molecule has 0 atom stereocenters. The van der Waals surface area contributed by atoms with Crippen LogP contribution in [-0.2, 0) is 11.4 Å². The molecule has 1 saturated heterocycles. The summed E-state index contributed by atoms with van der Waals surface area (Å²) in [6, 6.07) is 16.5. The molecule has 1 fully saturated rings. The maximum Gasteiger partial charge on any atom is 0.310 e. The van der Waals surface area contributed by atoms with Crippen LogP contribution in [0.3, 0.4) is 0 Å². The Morgan fingerprint density at radius 2 is 1.84 bits per heavy atom. The highest BCUT2D eigenvalue weighted by Crippen LogP contribution is 2.31. The number of amides is 1. The number of hydrogen-bond acceptors (Lipinski definition) is 7. The van der Waals surface area contributed by atoms with Gasteiger partial charge in [0.15, 0.2) is 10.9 Å². The number of anilines is 1. The van der Waals surface area contributed by atoms with Crippen LogP contribution in [0.4, 0.5) is 11.4 Å². The number of carbonyl (C=O) groups is 1. The van der Waals surface area contributed by atoms with Gasteiger partial charge in [0.25, 0.3) is 5.91 Å². The fraction of sp³-hybridized carbons (Fsp3) is 0.0909. The molecule has 1 aliphatic rings. The lowest BCUT2D eigenvalue weighted by atomic mass is 10.2. The van der Waals surface area contributed by atoms with Crippen LogP contribution >= 0.6 is 12.2 Å². The highest BCUT2D eigenvalue weighted by Gasteiger charge is 2.33. The molecule has 9 nitrogen and oxygen atoms in total. The molecule has 10 heteroatoms. The van der Waals surface area contributed by atoms with Crippen molar-refractivity contribution in [1.29, 1.82) is 0 Å². The molecule has 2 aromatic carbocycles. The van der Waals surface area contributed by atoms with E-state index in [1.807, 2.05) is 0 Å². The summed E-state index contributed by atoms with van der Waals surface area (Å²) < 4.78 is 16.5. The number of nitro benzene ring substituents is 1. The Morgan fingerprint density at radius 3 is 2.59 bits per heavy atom. The van der Waals surface area contributed by atoms with Gasteiger partial charge in [-0.25, -0.2) is 4.90 Å². The molecule has 1 aromatic heterocycles. The third kappa shape index (κ3) is 4.16. The smallest absolute Gasteiger partial charge is 0.310 e. The number of nitrogens with zero attached hydrogens (tertiary/aromatic N) is 2. The van der Waals surface area contributed by atoms with Crippen LogP contribution in [0.5, 0.6) is 11.5 Å². The van der Waals surface area contributed by atoms with E-state index in [2.05, 4.69) is 5.32 Å². The van der Waals surface area contributed by atoms with Crippen LogP contribution in [0.2, 0.25) is 0 Å². The van der Waals surface area contributed by atoms with Crippen LogP contribution in [0.25, 0.3) is 6.08 Å². The van der Waals surface area contributed by atoms with Gasteiger partial charge in [-0.05, 0) is 42.5 Å². The number of thiocarbonyl (C=S) groups is 1. The Balaban J connectivity index is 1.49. The summed E-state index contributed by atoms with van der Waals surface area (Å²) in [4.78, 5) is 24.9. The van der Waals surface area contributed by atoms with Crippen LogP contribution in [0, 0.1) is 10.1 Å². The van der Waals surface area contributed by atoms with Crippen molar-refractivity contribution in [2.24, 2.45) is 0 Å². The largest absolute Gasteiger partial charge is 0.495 e. The second-order valence-corrected chi connectivity index (χ2v) is 7.00. The number of nitro groups is 1. The Bertz CT molecular complexity index is 1240. The van der Waals surface area contributed by atoms with E-state index in [1.165, 1.54) is 30.2 Å². The predicted octanol–water partition coefficient (Wildman–Crippen LogP) is 4.04. The number of para-hydroxylation sites is 4. The van der Waals surface area contributed by atoms with Crippen molar-refractivity contribution in [2.75, 3.05) is 12.0 Å². The summed E-state index contributed by atoms with van der Waals surface area (Å²) in [6.45, 7) is -0.0127. The summed E-state index contributed by atoms with van der Waals surface area (Å²) >= 11 is 5.33. The molecule has 1 amide bonds. The SMILES string of the molecule is COc1ccccc1N1C(=O)/C(=C\c2ccc(COc3ccccc3[N+](=O)[O-])o2)NC1=S. The molecule has 2 heterocycles. The van der Waals surface area contributed by atoms with Gasteiger partial charge in [0.05, 0.1) is 17.7 Å². The fourth-order valence-corrected chi connectivity index (χ4v) is 3.43. The fourth-order valence-electron chi connectivity index (χ4n) is 3.14. The van der Waals surface area contributed by atoms with E-state index in [0.29, 0.717) is 23.0 Å². The molecule has 162 valence electrons. The molecule has 0 saturated carbocycles. The topological polar surface area (TPSA) is 107 Å². The molecular formula is C22H17N3O6S. The summed E-state index contributed by atoms with van der Waals surface area (Å²) in [5, 5.41) is 14.2. The Morgan fingerprint density at radius 1 is 1.12 bits per heavy atom. The monoisotopic (exact) mass is 451 g/mol. The van der Waals surface area contributed by atoms with Gasteiger partial charge in [0.1, 0.15) is 29.6 Å². The molecule has 0 unspecified atom stereocenters. The zero-order valence-electron chi connectivity index (χ0n) is 16.8. The highest BCUT2D eigenvalue weighted by atomic mass is 32.1. The van der Waals surface area contributed by atoms with Crippen molar-refractivity contribution in [2.45, 2.75) is 6.61 Å². The predicted molar refractivity (Wildman–Crippen MR) is 120 cm³/mol. The lowest BCUT2D eigenvalue weighted by Gasteiger charge is -2.17. The van der Waals surface area contributed by atoms with E-state index >= 15 is 0 Å². The first-order valence-electron chi connectivity index (χ1n) is 9.43. The third-order valence-electron chi connectivity index (χ3n) is 4.61. The minimum Gasteiger partial charge on any atom is -0.495 e. The number of hydrogen-bond donors (Lipinski definition) is 1. The molecule has 0 aliphatic carbocycles. The maximum atomic E-state index is 12.9. The number of nitrogens with one attached hydrogen (secondary N) is 1. The van der Waals surface area contributed by atoms with Crippen molar-refractivity contribution >= 4 is 40.7 Å². The van der Waals surface area contributed by atoms with Crippen molar-refractivity contribution in [3.63, 3.8) is 0 Å². The molecule has 1 aliphatic heterocycles. The van der Waals surface area contributed by atoms with Crippen LogP contribution in [-0.4, -0.2) is 23.1 Å². The van der Waals surface area contributed by atoms with Gasteiger partial charge in [-0.3, -0.25) is 14.9 Å². The van der Waals surface area contributed by atoms with Gasteiger partial charge >= 0.3 is 5.69 Å². The quantitative estimate of drug-likeness (QED) is 0.248. The molecule has 0 bridgehead atoms. The lowest BCUT2D eigenvalue weighted by Crippen LogP contribution is -2.30. The third-order valence-corrected chi connectivity index (χ3v) is 4.89. The second kappa shape index (κ2) is 8.90. The van der Waals surface area contributed by atoms with Gasteiger partial charge in [0.2, 0.25) is 0 Å². The number of benzene rings is 2. The molecule has 0 spiro atoms. The minimum absolute atomic E-state index is 0.0127. The first kappa shape index (κ1) is 21.1. The van der Waals surface area contributed by atoms with Gasteiger partial charge in [-0.15, -0.1) is 0 Å². The molecule has 3 aromatic rings. The van der Waals surface area contributed by atoms with Crippen molar-refractivity contribution in [3.05, 3.63) is 88.0 Å². The highest BCUT2D eigenvalue weighted by molar-refractivity contribution is 7.80. The van der Waals surface area contributed by atoms with Crippen LogP contribution in [0.15, 0.2) is 70.8 Å². The van der Waals surface area contributed by atoms with Crippen LogP contribution < -0.4 is 19.7 Å². The Labute approximate surface area is 188 Å². The number of furan rings is 1. The Kier molecular flexibility index (Phi) is 5.86. The van der Waals surface area contributed by atoms with E-state index in [0.717, 1.165) is 0 Å². The van der Waals surface area contributed by atoms with Crippen molar-refractivity contribution in [3.8, 4) is 11.5 Å². The standard InChI is InChI=1S/C22H17N3O6S/c1-29-19-8-4-2-6-17(19)24-21(26)16(23-22(24)32)12-14-10-11-15(31-14)13-30-20-9-5-3-7-18(20)25(27)28/h2-12H,13H2,1H3,(H,23,32)/b16-12+. The van der Waals surface area contributed by atoms with E-state index in [4.69, 9.17) is 26.1 Å². The zero-order chi connectivity index (χ0) is 22.7. The van der Waals surface area contributed by atoms with E-state index in [-0.39, 0.29) is 34.8 Å². The minimum atomic E-state index is -0.513. The summed E-state index contributed by atoms with van der Waals surface area (Å²) in [5.74, 6) is 1.13. The average Bonchev–Trinajstić information content (AvgIpc) is 3.36. The first-order chi connectivity index (χ1) is 15.5. The maximum absolute atomic E-state index is 12.9. The molecule has 32 heavy (non-hydrogen) atoms. The number of methoxy groups -OCH3 is 1. The normalized spacial score (nSPS) is 14.5. The lowest BCUT2D eigenvalue weighted by molar-refractivity contribution is -0.386. The summed E-state index contributed by atoms with van der Waals surface area (Å²) in [7, 11) is 1.52. The van der Waals surface area contributed by atoms with E-state index in [9.17, 15) is 14.9 Å². The van der Waals surface area contributed by atoms with Gasteiger partial charge in [0, 0.05) is 12.1 Å². The summed E-state index contributed by atoms with van der Waals surface area (Å²) in [5.41, 5.74) is 0.632. The van der Waals surface area contributed by atoms with Crippen LogP contribution in [0.1, 0.15) is 11.5 Å².